The fourth-order valence-corrected chi connectivity index (χ4v) is 3.07. The fourth-order valence-electron chi connectivity index (χ4n) is 2.29. The Kier molecular flexibility index (Phi) is 6.93. The van der Waals surface area contributed by atoms with Gasteiger partial charge in [0.05, 0.1) is 30.8 Å². The van der Waals surface area contributed by atoms with Crippen molar-refractivity contribution in [2.24, 2.45) is 0 Å². The second kappa shape index (κ2) is 9.16. The molecular formula is C16H20N2O6S. The molecular weight excluding hydrogens is 348 g/mol. The number of ether oxygens (including phenoxy) is 2. The van der Waals surface area contributed by atoms with Crippen LogP contribution in [0.2, 0.25) is 0 Å². The van der Waals surface area contributed by atoms with Crippen LogP contribution in [0.3, 0.4) is 0 Å². The Hall–Kier alpha value is -2.42. The largest absolute Gasteiger partial charge is 0.467 e. The Bertz CT molecular complexity index is 656. The van der Waals surface area contributed by atoms with Crippen LogP contribution in [0.5, 0.6) is 0 Å². The average Bonchev–Trinajstić information content (AvgIpc) is 3.09. The standard InChI is InChI=1S/C16H20N2O6S/c1-3-22-12(19)9-25-8-10-13(15(20)23-4-2)14(18-16(21)17-10)11-6-5-7-24-11/h5-7,14H,3-4,8-9H2,1-2H3,(H2,17,18,21)/t14-/m0/s1. The summed E-state index contributed by atoms with van der Waals surface area (Å²) in [5.74, 6) is -0.123. The number of esters is 2. The highest BCUT2D eigenvalue weighted by atomic mass is 32.2. The van der Waals surface area contributed by atoms with E-state index in [1.807, 2.05) is 0 Å². The van der Waals surface area contributed by atoms with Crippen LogP contribution in [-0.4, -0.2) is 42.7 Å². The summed E-state index contributed by atoms with van der Waals surface area (Å²) < 4.78 is 15.3. The molecule has 2 heterocycles. The van der Waals surface area contributed by atoms with Gasteiger partial charge in [-0.1, -0.05) is 0 Å². The van der Waals surface area contributed by atoms with Crippen molar-refractivity contribution in [1.29, 1.82) is 0 Å². The topological polar surface area (TPSA) is 107 Å². The summed E-state index contributed by atoms with van der Waals surface area (Å²) in [7, 11) is 0. The molecule has 25 heavy (non-hydrogen) atoms. The molecule has 0 aliphatic carbocycles. The fraction of sp³-hybridized carbons (Fsp3) is 0.438. The highest BCUT2D eigenvalue weighted by Gasteiger charge is 2.35. The second-order valence-corrected chi connectivity index (χ2v) is 5.94. The summed E-state index contributed by atoms with van der Waals surface area (Å²) in [5.41, 5.74) is 0.644. The van der Waals surface area contributed by atoms with Crippen molar-refractivity contribution in [3.63, 3.8) is 0 Å². The molecule has 9 heteroatoms. The lowest BCUT2D eigenvalue weighted by atomic mass is 10.0. The van der Waals surface area contributed by atoms with E-state index in [0.717, 1.165) is 0 Å². The number of hydrogen-bond acceptors (Lipinski definition) is 7. The highest BCUT2D eigenvalue weighted by molar-refractivity contribution is 8.00. The number of urea groups is 1. The smallest absolute Gasteiger partial charge is 0.338 e. The number of rotatable bonds is 8. The van der Waals surface area contributed by atoms with E-state index in [9.17, 15) is 14.4 Å². The number of furan rings is 1. The van der Waals surface area contributed by atoms with Gasteiger partial charge in [0.1, 0.15) is 11.8 Å². The summed E-state index contributed by atoms with van der Waals surface area (Å²) in [4.78, 5) is 35.8. The molecule has 1 aliphatic heterocycles. The summed E-state index contributed by atoms with van der Waals surface area (Å²) in [5, 5.41) is 5.27. The molecule has 2 N–H and O–H groups in total. The SMILES string of the molecule is CCOC(=O)CSCC1=C(C(=O)OCC)[C@H](c2ccco2)NC(=O)N1. The van der Waals surface area contributed by atoms with Crippen LogP contribution < -0.4 is 10.6 Å². The van der Waals surface area contributed by atoms with E-state index in [-0.39, 0.29) is 29.7 Å². The minimum atomic E-state index is -0.749. The third kappa shape index (κ3) is 5.02. The predicted octanol–water partition coefficient (Wildman–Crippen LogP) is 1.75. The molecule has 2 amide bonds. The summed E-state index contributed by atoms with van der Waals surface area (Å²) >= 11 is 1.24. The second-order valence-electron chi connectivity index (χ2n) is 4.96. The Morgan fingerprint density at radius 1 is 1.28 bits per heavy atom. The van der Waals surface area contributed by atoms with E-state index >= 15 is 0 Å². The summed E-state index contributed by atoms with van der Waals surface area (Å²) in [6, 6.07) is 2.13. The molecule has 0 unspecified atom stereocenters. The number of amides is 2. The molecule has 1 aromatic heterocycles. The first-order valence-electron chi connectivity index (χ1n) is 7.81. The molecule has 1 aromatic rings. The van der Waals surface area contributed by atoms with Crippen molar-refractivity contribution in [3.8, 4) is 0 Å². The zero-order valence-electron chi connectivity index (χ0n) is 14.0. The molecule has 0 aromatic carbocycles. The first kappa shape index (κ1) is 18.9. The third-order valence-electron chi connectivity index (χ3n) is 3.25. The van der Waals surface area contributed by atoms with Crippen molar-refractivity contribution in [1.82, 2.24) is 10.6 Å². The van der Waals surface area contributed by atoms with Gasteiger partial charge in [-0.05, 0) is 26.0 Å². The molecule has 0 spiro atoms. The summed E-state index contributed by atoms with van der Waals surface area (Å²) in [6.07, 6.45) is 1.46. The van der Waals surface area contributed by atoms with Gasteiger partial charge in [-0.25, -0.2) is 9.59 Å². The molecule has 0 fully saturated rings. The molecule has 0 saturated heterocycles. The normalized spacial score (nSPS) is 16.9. The third-order valence-corrected chi connectivity index (χ3v) is 4.18. The lowest BCUT2D eigenvalue weighted by Crippen LogP contribution is -2.46. The van der Waals surface area contributed by atoms with E-state index in [4.69, 9.17) is 13.9 Å². The number of carbonyl (C=O) groups excluding carboxylic acids is 3. The van der Waals surface area contributed by atoms with Crippen molar-refractivity contribution < 1.29 is 28.3 Å². The van der Waals surface area contributed by atoms with Crippen LogP contribution in [-0.2, 0) is 19.1 Å². The minimum Gasteiger partial charge on any atom is -0.467 e. The average molecular weight is 368 g/mol. The Morgan fingerprint density at radius 3 is 2.68 bits per heavy atom. The molecule has 2 rings (SSSR count). The van der Waals surface area contributed by atoms with Crippen molar-refractivity contribution >= 4 is 29.7 Å². The zero-order valence-corrected chi connectivity index (χ0v) is 14.8. The van der Waals surface area contributed by atoms with Crippen molar-refractivity contribution in [3.05, 3.63) is 35.4 Å². The van der Waals surface area contributed by atoms with Gasteiger partial charge in [-0.2, -0.15) is 0 Å². The molecule has 136 valence electrons. The number of hydrogen-bond donors (Lipinski definition) is 2. The van der Waals surface area contributed by atoms with Gasteiger partial charge in [0.2, 0.25) is 0 Å². The highest BCUT2D eigenvalue weighted by Crippen LogP contribution is 2.29. The maximum atomic E-state index is 12.4. The Labute approximate surface area is 149 Å². The van der Waals surface area contributed by atoms with Gasteiger partial charge >= 0.3 is 18.0 Å². The molecule has 0 saturated carbocycles. The molecule has 0 radical (unpaired) electrons. The number of thioether (sulfide) groups is 1. The molecule has 8 nitrogen and oxygen atoms in total. The van der Waals surface area contributed by atoms with Gasteiger partial charge in [0, 0.05) is 11.4 Å². The Balaban J connectivity index is 2.23. The monoisotopic (exact) mass is 368 g/mol. The van der Waals surface area contributed by atoms with Gasteiger partial charge < -0.3 is 24.5 Å². The van der Waals surface area contributed by atoms with E-state index < -0.39 is 18.0 Å². The minimum absolute atomic E-state index is 0.113. The van der Waals surface area contributed by atoms with Crippen molar-refractivity contribution in [2.45, 2.75) is 19.9 Å². The lowest BCUT2D eigenvalue weighted by Gasteiger charge is -2.27. The van der Waals surface area contributed by atoms with E-state index in [1.165, 1.54) is 18.0 Å². The van der Waals surface area contributed by atoms with E-state index in [0.29, 0.717) is 18.1 Å². The predicted molar refractivity (Wildman–Crippen MR) is 90.7 cm³/mol. The molecule has 0 bridgehead atoms. The number of nitrogens with one attached hydrogen (secondary N) is 2. The van der Waals surface area contributed by atoms with Gasteiger partial charge in [-0.3, -0.25) is 4.79 Å². The van der Waals surface area contributed by atoms with E-state index in [2.05, 4.69) is 10.6 Å². The van der Waals surface area contributed by atoms with Gasteiger partial charge in [-0.15, -0.1) is 11.8 Å². The van der Waals surface area contributed by atoms with Gasteiger partial charge in [0.15, 0.2) is 0 Å². The van der Waals surface area contributed by atoms with Crippen LogP contribution in [0.15, 0.2) is 34.1 Å². The van der Waals surface area contributed by atoms with Crippen molar-refractivity contribution in [2.75, 3.05) is 24.7 Å². The molecule has 1 atom stereocenters. The molecule has 1 aliphatic rings. The van der Waals surface area contributed by atoms with Crippen LogP contribution in [0.25, 0.3) is 0 Å². The first-order chi connectivity index (χ1) is 12.1. The summed E-state index contributed by atoms with van der Waals surface area (Å²) in [6.45, 7) is 3.93. The van der Waals surface area contributed by atoms with Gasteiger partial charge in [0.25, 0.3) is 0 Å². The maximum absolute atomic E-state index is 12.4. The number of carbonyl (C=O) groups is 3. The van der Waals surface area contributed by atoms with Crippen LogP contribution in [0, 0.1) is 0 Å². The van der Waals surface area contributed by atoms with Crippen LogP contribution in [0.1, 0.15) is 25.6 Å². The Morgan fingerprint density at radius 2 is 2.04 bits per heavy atom. The first-order valence-corrected chi connectivity index (χ1v) is 8.96. The zero-order chi connectivity index (χ0) is 18.2. The van der Waals surface area contributed by atoms with Crippen LogP contribution >= 0.6 is 11.8 Å². The van der Waals surface area contributed by atoms with E-state index in [1.54, 1.807) is 26.0 Å². The lowest BCUT2D eigenvalue weighted by molar-refractivity contribution is -0.140. The van der Waals surface area contributed by atoms with Crippen LogP contribution in [0.4, 0.5) is 4.79 Å². The quantitative estimate of drug-likeness (QED) is 0.673. The maximum Gasteiger partial charge on any atom is 0.338 e.